The first-order chi connectivity index (χ1) is 6.20. The first-order valence-corrected chi connectivity index (χ1v) is 6.85. The van der Waals surface area contributed by atoms with Crippen molar-refractivity contribution < 1.29 is 4.21 Å². The van der Waals surface area contributed by atoms with E-state index in [1.807, 2.05) is 6.92 Å². The van der Waals surface area contributed by atoms with Crippen LogP contribution in [0.3, 0.4) is 0 Å². The Balaban J connectivity index is 2.02. The van der Waals surface area contributed by atoms with Crippen molar-refractivity contribution in [2.45, 2.75) is 37.9 Å². The Morgan fingerprint density at radius 2 is 2.08 bits per heavy atom. The molecule has 0 bridgehead atoms. The second-order valence-corrected chi connectivity index (χ2v) is 5.92. The molecule has 0 saturated heterocycles. The Morgan fingerprint density at radius 3 is 2.62 bits per heavy atom. The minimum absolute atomic E-state index is 0.293. The summed E-state index contributed by atoms with van der Waals surface area (Å²) < 4.78 is 11.0. The van der Waals surface area contributed by atoms with Gasteiger partial charge in [0.05, 0.1) is 0 Å². The minimum atomic E-state index is -0.676. The van der Waals surface area contributed by atoms with Gasteiger partial charge in [0.25, 0.3) is 0 Å². The maximum atomic E-state index is 11.0. The maximum Gasteiger partial charge on any atom is 0.0441 e. The Morgan fingerprint density at radius 1 is 1.46 bits per heavy atom. The van der Waals surface area contributed by atoms with Crippen LogP contribution in [0.5, 0.6) is 0 Å². The first kappa shape index (κ1) is 11.2. The summed E-state index contributed by atoms with van der Waals surface area (Å²) in [6.45, 7) is 4.07. The zero-order valence-electron chi connectivity index (χ0n) is 8.71. The van der Waals surface area contributed by atoms with Crippen LogP contribution in [0.2, 0.25) is 0 Å². The quantitative estimate of drug-likeness (QED) is 0.734. The van der Waals surface area contributed by atoms with E-state index in [0.717, 1.165) is 19.0 Å². The molecule has 1 aliphatic rings. The molecule has 2 unspecified atom stereocenters. The average molecular weight is 203 g/mol. The lowest BCUT2D eigenvalue weighted by Gasteiger charge is -2.13. The molecule has 0 heterocycles. The lowest BCUT2D eigenvalue weighted by atomic mass is 10.1. The highest BCUT2D eigenvalue weighted by Crippen LogP contribution is 2.23. The molecule has 0 spiro atoms. The third-order valence-electron chi connectivity index (χ3n) is 2.91. The van der Waals surface area contributed by atoms with Gasteiger partial charge in [-0.1, -0.05) is 12.8 Å². The standard InChI is InChI=1S/C10H21NOS/c1-9(13(2)12)7-11-8-10-5-3-4-6-10/h9-11H,3-8H2,1-2H3. The fourth-order valence-electron chi connectivity index (χ4n) is 1.82. The summed E-state index contributed by atoms with van der Waals surface area (Å²) in [5.74, 6) is 0.887. The van der Waals surface area contributed by atoms with Crippen molar-refractivity contribution >= 4 is 10.8 Å². The van der Waals surface area contributed by atoms with Gasteiger partial charge in [-0.3, -0.25) is 4.21 Å². The summed E-state index contributed by atoms with van der Waals surface area (Å²) in [6, 6.07) is 0. The molecule has 0 radical (unpaired) electrons. The smallest absolute Gasteiger partial charge is 0.0441 e. The Kier molecular flexibility index (Phi) is 4.96. The lowest BCUT2D eigenvalue weighted by Crippen LogP contribution is -2.30. The predicted molar refractivity (Wildman–Crippen MR) is 58.4 cm³/mol. The molecule has 0 aromatic heterocycles. The normalized spacial score (nSPS) is 23.2. The zero-order valence-corrected chi connectivity index (χ0v) is 9.53. The van der Waals surface area contributed by atoms with Gasteiger partial charge in [-0.2, -0.15) is 0 Å². The van der Waals surface area contributed by atoms with Gasteiger partial charge in [-0.05, 0) is 32.2 Å². The van der Waals surface area contributed by atoms with Crippen molar-refractivity contribution in [1.29, 1.82) is 0 Å². The van der Waals surface area contributed by atoms with Crippen molar-refractivity contribution in [2.24, 2.45) is 5.92 Å². The van der Waals surface area contributed by atoms with Crippen LogP contribution in [0.4, 0.5) is 0 Å². The Hall–Kier alpha value is 0.110. The molecule has 13 heavy (non-hydrogen) atoms. The van der Waals surface area contributed by atoms with Gasteiger partial charge < -0.3 is 5.32 Å². The second-order valence-electron chi connectivity index (χ2n) is 4.12. The van der Waals surface area contributed by atoms with E-state index in [2.05, 4.69) is 5.32 Å². The molecule has 0 aromatic carbocycles. The molecular weight excluding hydrogens is 182 g/mol. The molecule has 0 aromatic rings. The highest BCUT2D eigenvalue weighted by Gasteiger charge is 2.14. The number of rotatable bonds is 5. The summed E-state index contributed by atoms with van der Waals surface area (Å²) in [4.78, 5) is 0. The van der Waals surface area contributed by atoms with Gasteiger partial charge in [-0.25, -0.2) is 0 Å². The van der Waals surface area contributed by atoms with Crippen LogP contribution in [0.15, 0.2) is 0 Å². The molecular formula is C10H21NOS. The monoisotopic (exact) mass is 203 g/mol. The van der Waals surface area contributed by atoms with Gasteiger partial charge in [0.1, 0.15) is 0 Å². The second kappa shape index (κ2) is 5.76. The fraction of sp³-hybridized carbons (Fsp3) is 1.00. The maximum absolute atomic E-state index is 11.0. The van der Waals surface area contributed by atoms with E-state index in [1.54, 1.807) is 6.26 Å². The number of hydrogen-bond donors (Lipinski definition) is 1. The summed E-state index contributed by atoms with van der Waals surface area (Å²) in [6.07, 6.45) is 7.36. The van der Waals surface area contributed by atoms with E-state index < -0.39 is 10.8 Å². The molecule has 1 rings (SSSR count). The van der Waals surface area contributed by atoms with Crippen molar-refractivity contribution in [3.63, 3.8) is 0 Å². The summed E-state index contributed by atoms with van der Waals surface area (Å²) in [5, 5.41) is 3.71. The molecule has 1 saturated carbocycles. The predicted octanol–water partition coefficient (Wildman–Crippen LogP) is 1.53. The Labute approximate surface area is 83.9 Å². The Bertz CT molecular complexity index is 166. The molecule has 1 aliphatic carbocycles. The molecule has 78 valence electrons. The molecule has 1 N–H and O–H groups in total. The van der Waals surface area contributed by atoms with Crippen molar-refractivity contribution in [3.05, 3.63) is 0 Å². The van der Waals surface area contributed by atoms with Gasteiger partial charge in [0.15, 0.2) is 0 Å². The van der Waals surface area contributed by atoms with E-state index in [0.29, 0.717) is 5.25 Å². The van der Waals surface area contributed by atoms with Crippen LogP contribution in [0, 0.1) is 5.92 Å². The van der Waals surface area contributed by atoms with Gasteiger partial charge in [0.2, 0.25) is 0 Å². The molecule has 1 fully saturated rings. The van der Waals surface area contributed by atoms with E-state index >= 15 is 0 Å². The average Bonchev–Trinajstić information content (AvgIpc) is 2.56. The molecule has 0 aliphatic heterocycles. The first-order valence-electron chi connectivity index (χ1n) is 5.23. The minimum Gasteiger partial charge on any atom is -0.315 e. The lowest BCUT2D eigenvalue weighted by molar-refractivity contribution is 0.490. The van der Waals surface area contributed by atoms with Crippen molar-refractivity contribution in [3.8, 4) is 0 Å². The van der Waals surface area contributed by atoms with E-state index in [4.69, 9.17) is 0 Å². The van der Waals surface area contributed by atoms with E-state index in [1.165, 1.54) is 25.7 Å². The number of hydrogen-bond acceptors (Lipinski definition) is 2. The molecule has 2 nitrogen and oxygen atoms in total. The van der Waals surface area contributed by atoms with E-state index in [-0.39, 0.29) is 0 Å². The largest absolute Gasteiger partial charge is 0.315 e. The van der Waals surface area contributed by atoms with Crippen LogP contribution >= 0.6 is 0 Å². The summed E-state index contributed by atoms with van der Waals surface area (Å²) >= 11 is 0. The van der Waals surface area contributed by atoms with Gasteiger partial charge in [0, 0.05) is 28.9 Å². The topological polar surface area (TPSA) is 29.1 Å². The zero-order chi connectivity index (χ0) is 9.68. The summed E-state index contributed by atoms with van der Waals surface area (Å²) in [5.41, 5.74) is 0. The number of nitrogens with one attached hydrogen (secondary N) is 1. The third kappa shape index (κ3) is 4.23. The highest BCUT2D eigenvalue weighted by atomic mass is 32.2. The molecule has 0 amide bonds. The highest BCUT2D eigenvalue weighted by molar-refractivity contribution is 7.84. The van der Waals surface area contributed by atoms with Gasteiger partial charge >= 0.3 is 0 Å². The summed E-state index contributed by atoms with van der Waals surface area (Å²) in [7, 11) is -0.676. The SMILES string of the molecule is CC(CNCC1CCCC1)S(C)=O. The van der Waals surface area contributed by atoms with Crippen LogP contribution in [-0.2, 0) is 10.8 Å². The van der Waals surface area contributed by atoms with Crippen molar-refractivity contribution in [2.75, 3.05) is 19.3 Å². The van der Waals surface area contributed by atoms with E-state index in [9.17, 15) is 4.21 Å². The third-order valence-corrected chi connectivity index (χ3v) is 4.21. The van der Waals surface area contributed by atoms with Gasteiger partial charge in [-0.15, -0.1) is 0 Å². The fourth-order valence-corrected chi connectivity index (χ4v) is 2.18. The van der Waals surface area contributed by atoms with Crippen LogP contribution in [0.1, 0.15) is 32.6 Å². The van der Waals surface area contributed by atoms with Crippen molar-refractivity contribution in [1.82, 2.24) is 5.32 Å². The van der Waals surface area contributed by atoms with Crippen LogP contribution < -0.4 is 5.32 Å². The van der Waals surface area contributed by atoms with Crippen LogP contribution in [-0.4, -0.2) is 28.8 Å². The molecule has 3 heteroatoms. The molecule has 2 atom stereocenters. The van der Waals surface area contributed by atoms with Crippen LogP contribution in [0.25, 0.3) is 0 Å².